The van der Waals surface area contributed by atoms with Crippen LogP contribution in [0.25, 0.3) is 11.2 Å². The lowest BCUT2D eigenvalue weighted by Crippen LogP contribution is -2.34. The van der Waals surface area contributed by atoms with Gasteiger partial charge < -0.3 is 4.74 Å². The molecule has 0 amide bonds. The normalized spacial score (nSPS) is 27.6. The number of imidazole rings is 1. The molecule has 3 heterocycles. The minimum absolute atomic E-state index is 0.0422. The molecule has 112 valence electrons. The number of hydrogen-bond acceptors (Lipinski definition) is 4. The van der Waals surface area contributed by atoms with Crippen LogP contribution in [0.5, 0.6) is 0 Å². The molecule has 0 spiro atoms. The molecule has 0 unspecified atom stereocenters. The van der Waals surface area contributed by atoms with Crippen molar-refractivity contribution in [1.29, 1.82) is 0 Å². The third-order valence-electron chi connectivity index (χ3n) is 4.48. The lowest BCUT2D eigenvalue weighted by molar-refractivity contribution is 0.147. The maximum absolute atomic E-state index is 12.9. The fraction of sp³-hybridized carbons (Fsp3) is 0.615. The highest BCUT2D eigenvalue weighted by Crippen LogP contribution is 2.55. The highest BCUT2D eigenvalue weighted by molar-refractivity contribution is 6.35. The summed E-state index contributed by atoms with van der Waals surface area (Å²) in [4.78, 5) is 21.2. The van der Waals surface area contributed by atoms with Gasteiger partial charge in [-0.1, -0.05) is 11.6 Å². The van der Waals surface area contributed by atoms with E-state index in [-0.39, 0.29) is 27.7 Å². The third-order valence-corrected chi connectivity index (χ3v) is 4.91. The summed E-state index contributed by atoms with van der Waals surface area (Å²) in [5.74, 6) is 0.369. The van der Waals surface area contributed by atoms with Crippen LogP contribution in [0.15, 0.2) is 4.79 Å². The SMILES string of the molecule is CC(C)n1c(=O)n([C@@]23COC[C@@H]2C3)c2nc(Cl)nc(Cl)c21. The highest BCUT2D eigenvalue weighted by atomic mass is 35.5. The molecule has 6 nitrogen and oxygen atoms in total. The minimum atomic E-state index is -0.281. The molecule has 4 rings (SSSR count). The van der Waals surface area contributed by atoms with Gasteiger partial charge in [0.25, 0.3) is 0 Å². The number of aromatic nitrogens is 4. The summed E-state index contributed by atoms with van der Waals surface area (Å²) >= 11 is 12.2. The molecular weight excluding hydrogens is 315 g/mol. The molecule has 2 aliphatic rings. The van der Waals surface area contributed by atoms with Crippen molar-refractivity contribution in [3.63, 3.8) is 0 Å². The second kappa shape index (κ2) is 4.21. The van der Waals surface area contributed by atoms with E-state index in [4.69, 9.17) is 27.9 Å². The van der Waals surface area contributed by atoms with Crippen molar-refractivity contribution in [2.45, 2.75) is 31.8 Å². The molecule has 21 heavy (non-hydrogen) atoms. The fourth-order valence-corrected chi connectivity index (χ4v) is 3.87. The zero-order valence-electron chi connectivity index (χ0n) is 11.6. The van der Waals surface area contributed by atoms with Gasteiger partial charge in [0.15, 0.2) is 10.8 Å². The second-order valence-electron chi connectivity index (χ2n) is 6.06. The largest absolute Gasteiger partial charge is 0.379 e. The molecule has 0 bridgehead atoms. The standard InChI is InChI=1S/C13H14Cl2N4O2/c1-6(2)18-8-9(14)16-11(15)17-10(8)19(12(18)20)13-3-7(13)4-21-5-13/h6-7H,3-5H2,1-2H3/t7-,13-/m0/s1. The quantitative estimate of drug-likeness (QED) is 0.626. The van der Waals surface area contributed by atoms with E-state index in [1.165, 1.54) is 0 Å². The Kier molecular flexibility index (Phi) is 2.72. The zero-order chi connectivity index (χ0) is 14.9. The van der Waals surface area contributed by atoms with Crippen LogP contribution in [0.3, 0.4) is 0 Å². The molecule has 2 atom stereocenters. The Morgan fingerprint density at radius 2 is 2.14 bits per heavy atom. The van der Waals surface area contributed by atoms with E-state index in [2.05, 4.69) is 9.97 Å². The van der Waals surface area contributed by atoms with Crippen molar-refractivity contribution in [3.05, 3.63) is 20.9 Å². The van der Waals surface area contributed by atoms with E-state index in [0.717, 1.165) is 6.42 Å². The summed E-state index contributed by atoms with van der Waals surface area (Å²) in [7, 11) is 0. The Bertz CT molecular complexity index is 813. The van der Waals surface area contributed by atoms with E-state index < -0.39 is 0 Å². The molecule has 2 aromatic heterocycles. The topological polar surface area (TPSA) is 61.9 Å². The van der Waals surface area contributed by atoms with Crippen molar-refractivity contribution >= 4 is 34.4 Å². The molecule has 1 saturated carbocycles. The molecule has 1 saturated heterocycles. The zero-order valence-corrected chi connectivity index (χ0v) is 13.1. The first-order chi connectivity index (χ1) is 9.95. The molecule has 1 aliphatic carbocycles. The van der Waals surface area contributed by atoms with Crippen LogP contribution >= 0.6 is 23.2 Å². The number of nitrogens with zero attached hydrogens (tertiary/aromatic N) is 4. The van der Waals surface area contributed by atoms with Crippen LogP contribution in [0, 0.1) is 5.92 Å². The fourth-order valence-electron chi connectivity index (χ4n) is 3.40. The molecule has 1 aliphatic heterocycles. The first-order valence-electron chi connectivity index (χ1n) is 6.90. The van der Waals surface area contributed by atoms with Gasteiger partial charge in [-0.25, -0.2) is 9.78 Å². The van der Waals surface area contributed by atoms with E-state index in [9.17, 15) is 4.79 Å². The predicted molar refractivity (Wildman–Crippen MR) is 79.1 cm³/mol. The van der Waals surface area contributed by atoms with E-state index in [1.54, 1.807) is 9.13 Å². The lowest BCUT2D eigenvalue weighted by Gasteiger charge is -2.12. The number of halogens is 2. The maximum Gasteiger partial charge on any atom is 0.331 e. The van der Waals surface area contributed by atoms with E-state index >= 15 is 0 Å². The monoisotopic (exact) mass is 328 g/mol. The molecular formula is C13H14Cl2N4O2. The Labute approximate surface area is 130 Å². The van der Waals surface area contributed by atoms with Crippen molar-refractivity contribution in [2.75, 3.05) is 13.2 Å². The van der Waals surface area contributed by atoms with Crippen LogP contribution in [0.2, 0.25) is 10.4 Å². The smallest absolute Gasteiger partial charge is 0.331 e. The van der Waals surface area contributed by atoms with Gasteiger partial charge in [-0.2, -0.15) is 4.98 Å². The van der Waals surface area contributed by atoms with Gasteiger partial charge in [0.2, 0.25) is 5.28 Å². The minimum Gasteiger partial charge on any atom is -0.379 e. The van der Waals surface area contributed by atoms with Gasteiger partial charge in [-0.05, 0) is 31.9 Å². The van der Waals surface area contributed by atoms with Crippen LogP contribution in [-0.2, 0) is 10.3 Å². The summed E-state index contributed by atoms with van der Waals surface area (Å²) in [5.41, 5.74) is 0.655. The summed E-state index contributed by atoms with van der Waals surface area (Å²) in [6, 6.07) is -0.0422. The first-order valence-corrected chi connectivity index (χ1v) is 7.65. The Hall–Kier alpha value is -1.11. The molecule has 0 radical (unpaired) electrons. The van der Waals surface area contributed by atoms with Gasteiger partial charge in [-0.15, -0.1) is 0 Å². The van der Waals surface area contributed by atoms with Crippen molar-refractivity contribution in [3.8, 4) is 0 Å². The van der Waals surface area contributed by atoms with E-state index in [1.807, 2.05) is 13.8 Å². The van der Waals surface area contributed by atoms with Crippen LogP contribution in [0.4, 0.5) is 0 Å². The van der Waals surface area contributed by atoms with Gasteiger partial charge in [-0.3, -0.25) is 9.13 Å². The first kappa shape index (κ1) is 13.5. The number of rotatable bonds is 2. The van der Waals surface area contributed by atoms with Crippen LogP contribution < -0.4 is 5.69 Å². The number of hydrogen-bond donors (Lipinski definition) is 0. The molecule has 8 heteroatoms. The molecule has 0 aromatic carbocycles. The van der Waals surface area contributed by atoms with E-state index in [0.29, 0.717) is 30.3 Å². The molecule has 2 fully saturated rings. The van der Waals surface area contributed by atoms with Crippen molar-refractivity contribution in [1.82, 2.24) is 19.1 Å². The average molecular weight is 329 g/mol. The van der Waals surface area contributed by atoms with Crippen LogP contribution in [-0.4, -0.2) is 32.3 Å². The van der Waals surface area contributed by atoms with Crippen molar-refractivity contribution in [2.24, 2.45) is 5.92 Å². The average Bonchev–Trinajstić information content (AvgIpc) is 2.79. The maximum atomic E-state index is 12.9. The molecule has 2 aromatic rings. The summed E-state index contributed by atoms with van der Waals surface area (Å²) < 4.78 is 8.88. The highest BCUT2D eigenvalue weighted by Gasteiger charge is 2.61. The van der Waals surface area contributed by atoms with Crippen LogP contribution in [0.1, 0.15) is 26.3 Å². The number of ether oxygens (including phenoxy) is 1. The summed E-state index contributed by atoms with van der Waals surface area (Å²) in [6.07, 6.45) is 0.934. The molecule has 0 N–H and O–H groups in total. The van der Waals surface area contributed by atoms with Gasteiger partial charge in [0.05, 0.1) is 18.8 Å². The Balaban J connectivity index is 2.12. The Morgan fingerprint density at radius 3 is 2.71 bits per heavy atom. The lowest BCUT2D eigenvalue weighted by atomic mass is 10.2. The summed E-state index contributed by atoms with van der Waals surface area (Å²) in [6.45, 7) is 5.09. The van der Waals surface area contributed by atoms with Gasteiger partial charge >= 0.3 is 5.69 Å². The summed E-state index contributed by atoms with van der Waals surface area (Å²) in [5, 5.41) is 0.261. The Morgan fingerprint density at radius 1 is 1.38 bits per heavy atom. The second-order valence-corrected chi connectivity index (χ2v) is 6.75. The van der Waals surface area contributed by atoms with Gasteiger partial charge in [0, 0.05) is 12.0 Å². The van der Waals surface area contributed by atoms with Crippen molar-refractivity contribution < 1.29 is 4.74 Å². The van der Waals surface area contributed by atoms with Gasteiger partial charge in [0.1, 0.15) is 5.52 Å². The third kappa shape index (κ3) is 1.67. The number of fused-ring (bicyclic) bond motifs is 2. The predicted octanol–water partition coefficient (Wildman–Crippen LogP) is 2.23.